The highest BCUT2D eigenvalue weighted by molar-refractivity contribution is 5.25. The van der Waals surface area contributed by atoms with Crippen molar-refractivity contribution < 1.29 is 4.74 Å². The van der Waals surface area contributed by atoms with E-state index in [4.69, 9.17) is 10.5 Å². The summed E-state index contributed by atoms with van der Waals surface area (Å²) in [7, 11) is 0. The van der Waals surface area contributed by atoms with E-state index in [0.29, 0.717) is 24.6 Å². The summed E-state index contributed by atoms with van der Waals surface area (Å²) < 4.78 is 6.93. The molecule has 1 aliphatic rings. The molecule has 0 aromatic carbocycles. The standard InChI is InChI=1S/C12H18N6O2/c1-8(13)10-6-17(2-3-20-10)5-9-4-11(19)18-12(16-9)14-7-15-18/h4,7-8,10H,2-3,5-6,13H2,1H3,(H,14,15,16). The Morgan fingerprint density at radius 3 is 3.30 bits per heavy atom. The minimum atomic E-state index is -0.153. The second-order valence-corrected chi connectivity index (χ2v) is 5.11. The van der Waals surface area contributed by atoms with Crippen LogP contribution in [0.15, 0.2) is 17.2 Å². The van der Waals surface area contributed by atoms with Gasteiger partial charge in [-0.25, -0.2) is 9.97 Å². The summed E-state index contributed by atoms with van der Waals surface area (Å²) >= 11 is 0. The summed E-state index contributed by atoms with van der Waals surface area (Å²) in [4.78, 5) is 22.4. The second kappa shape index (κ2) is 5.31. The van der Waals surface area contributed by atoms with E-state index >= 15 is 0 Å². The van der Waals surface area contributed by atoms with Crippen molar-refractivity contribution in [2.24, 2.45) is 5.73 Å². The lowest BCUT2D eigenvalue weighted by Gasteiger charge is -2.34. The fraction of sp³-hybridized carbons (Fsp3) is 0.583. The lowest BCUT2D eigenvalue weighted by Crippen LogP contribution is -2.49. The fourth-order valence-corrected chi connectivity index (χ4v) is 2.37. The third-order valence-corrected chi connectivity index (χ3v) is 3.47. The van der Waals surface area contributed by atoms with Gasteiger partial charge in [0, 0.05) is 31.7 Å². The van der Waals surface area contributed by atoms with Crippen LogP contribution in [-0.2, 0) is 11.3 Å². The summed E-state index contributed by atoms with van der Waals surface area (Å²) in [6.07, 6.45) is 1.48. The van der Waals surface area contributed by atoms with E-state index in [1.807, 2.05) is 6.92 Å². The summed E-state index contributed by atoms with van der Waals surface area (Å²) in [6, 6.07) is 1.52. The number of ether oxygens (including phenoxy) is 1. The summed E-state index contributed by atoms with van der Waals surface area (Å²) in [5, 5.41) is 2.72. The van der Waals surface area contributed by atoms with Gasteiger partial charge in [-0.1, -0.05) is 0 Å². The molecule has 3 heterocycles. The van der Waals surface area contributed by atoms with E-state index < -0.39 is 0 Å². The molecule has 2 aromatic rings. The number of H-pyrrole nitrogens is 1. The van der Waals surface area contributed by atoms with E-state index in [9.17, 15) is 4.79 Å². The molecule has 20 heavy (non-hydrogen) atoms. The molecule has 2 aromatic heterocycles. The molecule has 2 unspecified atom stereocenters. The molecule has 1 saturated heterocycles. The highest BCUT2D eigenvalue weighted by atomic mass is 16.5. The minimum Gasteiger partial charge on any atom is -0.374 e. The smallest absolute Gasteiger partial charge is 0.274 e. The molecular formula is C12H18N6O2. The third kappa shape index (κ3) is 2.58. The van der Waals surface area contributed by atoms with Crippen LogP contribution in [0.25, 0.3) is 5.78 Å². The van der Waals surface area contributed by atoms with Crippen molar-refractivity contribution in [3.63, 3.8) is 0 Å². The fourth-order valence-electron chi connectivity index (χ4n) is 2.37. The molecule has 8 nitrogen and oxygen atoms in total. The lowest BCUT2D eigenvalue weighted by molar-refractivity contribution is -0.0406. The van der Waals surface area contributed by atoms with Gasteiger partial charge in [-0.05, 0) is 6.92 Å². The largest absolute Gasteiger partial charge is 0.374 e. The van der Waals surface area contributed by atoms with Crippen molar-refractivity contribution in [3.8, 4) is 0 Å². The maximum Gasteiger partial charge on any atom is 0.274 e. The molecule has 0 bridgehead atoms. The Morgan fingerprint density at radius 1 is 1.65 bits per heavy atom. The number of nitrogens with two attached hydrogens (primary N) is 1. The van der Waals surface area contributed by atoms with Crippen LogP contribution in [0, 0.1) is 0 Å². The van der Waals surface area contributed by atoms with Crippen LogP contribution in [0.2, 0.25) is 0 Å². The van der Waals surface area contributed by atoms with Crippen molar-refractivity contribution in [1.82, 2.24) is 24.5 Å². The van der Waals surface area contributed by atoms with Gasteiger partial charge < -0.3 is 10.5 Å². The summed E-state index contributed by atoms with van der Waals surface area (Å²) in [5.74, 6) is 0.393. The first kappa shape index (κ1) is 13.2. The molecule has 0 spiro atoms. The average molecular weight is 278 g/mol. The van der Waals surface area contributed by atoms with Crippen LogP contribution in [0.1, 0.15) is 12.6 Å². The van der Waals surface area contributed by atoms with Gasteiger partial charge >= 0.3 is 0 Å². The number of nitrogens with zero attached hydrogens (tertiary/aromatic N) is 4. The van der Waals surface area contributed by atoms with Gasteiger partial charge in [0.2, 0.25) is 0 Å². The van der Waals surface area contributed by atoms with Crippen LogP contribution in [0.4, 0.5) is 0 Å². The Morgan fingerprint density at radius 2 is 2.50 bits per heavy atom. The highest BCUT2D eigenvalue weighted by Crippen LogP contribution is 2.10. The Labute approximate surface area is 115 Å². The van der Waals surface area contributed by atoms with E-state index in [1.165, 1.54) is 16.9 Å². The van der Waals surface area contributed by atoms with Crippen molar-refractivity contribution >= 4 is 5.78 Å². The monoisotopic (exact) mass is 278 g/mol. The van der Waals surface area contributed by atoms with Crippen molar-refractivity contribution in [2.45, 2.75) is 25.6 Å². The van der Waals surface area contributed by atoms with Crippen LogP contribution >= 0.6 is 0 Å². The zero-order valence-electron chi connectivity index (χ0n) is 11.3. The quantitative estimate of drug-likeness (QED) is 0.744. The second-order valence-electron chi connectivity index (χ2n) is 5.11. The number of aromatic amines is 1. The number of fused-ring (bicyclic) bond motifs is 1. The zero-order valence-corrected chi connectivity index (χ0v) is 11.3. The molecule has 2 atom stereocenters. The van der Waals surface area contributed by atoms with Gasteiger partial charge in [-0.2, -0.15) is 4.52 Å². The Kier molecular flexibility index (Phi) is 3.51. The molecule has 8 heteroatoms. The molecule has 1 aliphatic heterocycles. The van der Waals surface area contributed by atoms with E-state index in [-0.39, 0.29) is 17.7 Å². The lowest BCUT2D eigenvalue weighted by atomic mass is 10.1. The van der Waals surface area contributed by atoms with E-state index in [2.05, 4.69) is 20.0 Å². The third-order valence-electron chi connectivity index (χ3n) is 3.47. The first-order valence-corrected chi connectivity index (χ1v) is 6.65. The van der Waals surface area contributed by atoms with Crippen LogP contribution in [-0.4, -0.2) is 56.3 Å². The van der Waals surface area contributed by atoms with Crippen molar-refractivity contribution in [3.05, 3.63) is 28.4 Å². The number of hydrogen-bond donors (Lipinski definition) is 2. The Hall–Kier alpha value is -1.77. The number of morpholine rings is 1. The Bertz CT molecular complexity index is 649. The molecule has 0 aliphatic carbocycles. The van der Waals surface area contributed by atoms with Crippen molar-refractivity contribution in [1.29, 1.82) is 0 Å². The van der Waals surface area contributed by atoms with Gasteiger partial charge in [0.1, 0.15) is 6.33 Å². The number of hydrogen-bond acceptors (Lipinski definition) is 6. The van der Waals surface area contributed by atoms with Gasteiger partial charge in [-0.15, -0.1) is 0 Å². The van der Waals surface area contributed by atoms with Crippen LogP contribution in [0.5, 0.6) is 0 Å². The number of aromatic nitrogens is 4. The SMILES string of the molecule is CC(N)C1CN(Cc2cc(=O)n3[nH]cnc3n2)CCO1. The van der Waals surface area contributed by atoms with Gasteiger partial charge in [0.15, 0.2) is 0 Å². The molecule has 0 radical (unpaired) electrons. The van der Waals surface area contributed by atoms with E-state index in [1.54, 1.807) is 0 Å². The predicted molar refractivity (Wildman–Crippen MR) is 72.3 cm³/mol. The van der Waals surface area contributed by atoms with Crippen LogP contribution < -0.4 is 11.3 Å². The first-order valence-electron chi connectivity index (χ1n) is 6.65. The summed E-state index contributed by atoms with van der Waals surface area (Å²) in [6.45, 7) is 4.75. The predicted octanol–water partition coefficient (Wildman–Crippen LogP) is -1.03. The average Bonchev–Trinajstić information content (AvgIpc) is 2.88. The van der Waals surface area contributed by atoms with Crippen LogP contribution in [0.3, 0.4) is 0 Å². The molecule has 0 amide bonds. The molecule has 1 fully saturated rings. The minimum absolute atomic E-state index is 0.00907. The molecule has 108 valence electrons. The van der Waals surface area contributed by atoms with Gasteiger partial charge in [0.05, 0.1) is 18.4 Å². The number of nitrogens with one attached hydrogen (secondary N) is 1. The number of rotatable bonds is 3. The van der Waals surface area contributed by atoms with Gasteiger partial charge in [0.25, 0.3) is 11.3 Å². The zero-order chi connectivity index (χ0) is 14.1. The van der Waals surface area contributed by atoms with Gasteiger partial charge in [-0.3, -0.25) is 14.8 Å². The molecular weight excluding hydrogens is 260 g/mol. The summed E-state index contributed by atoms with van der Waals surface area (Å²) in [5.41, 5.74) is 6.43. The normalized spacial score (nSPS) is 22.2. The maximum absolute atomic E-state index is 11.9. The molecule has 3 N–H and O–H groups in total. The van der Waals surface area contributed by atoms with Crippen molar-refractivity contribution in [2.75, 3.05) is 19.7 Å². The maximum atomic E-state index is 11.9. The first-order chi connectivity index (χ1) is 9.63. The topological polar surface area (TPSA) is 102 Å². The highest BCUT2D eigenvalue weighted by Gasteiger charge is 2.23. The molecule has 3 rings (SSSR count). The Balaban J connectivity index is 1.77. The molecule has 0 saturated carbocycles. The van der Waals surface area contributed by atoms with E-state index in [0.717, 1.165) is 13.1 Å².